The zero-order valence-electron chi connectivity index (χ0n) is 21.0. The van der Waals surface area contributed by atoms with Gasteiger partial charge in [-0.2, -0.15) is 0 Å². The van der Waals surface area contributed by atoms with Gasteiger partial charge in [0.1, 0.15) is 12.4 Å². The predicted molar refractivity (Wildman–Crippen MR) is 132 cm³/mol. The summed E-state index contributed by atoms with van der Waals surface area (Å²) in [5, 5.41) is 5.17. The van der Waals surface area contributed by atoms with Crippen LogP contribution in [0.15, 0.2) is 42.5 Å². The summed E-state index contributed by atoms with van der Waals surface area (Å²) >= 11 is 0. The van der Waals surface area contributed by atoms with Crippen molar-refractivity contribution in [3.8, 4) is 0 Å². The number of rotatable bonds is 4. The van der Waals surface area contributed by atoms with Gasteiger partial charge >= 0.3 is 12.1 Å². The molecular formula is C27H29FN4O5. The lowest BCUT2D eigenvalue weighted by Gasteiger charge is -2.37. The van der Waals surface area contributed by atoms with Crippen LogP contribution in [0.1, 0.15) is 55.8 Å². The fourth-order valence-corrected chi connectivity index (χ4v) is 5.81. The molecule has 1 spiro atoms. The number of imide groups is 1. The van der Waals surface area contributed by atoms with E-state index in [4.69, 9.17) is 4.74 Å². The van der Waals surface area contributed by atoms with Gasteiger partial charge in [-0.3, -0.25) is 9.59 Å². The average Bonchev–Trinajstić information content (AvgIpc) is 3.46. The molecule has 9 nitrogen and oxygen atoms in total. The number of aryl methyl sites for hydroxylation is 1. The number of nitrogens with one attached hydrogen (secondary N) is 2. The Kier molecular flexibility index (Phi) is 5.92. The third kappa shape index (κ3) is 4.10. The highest BCUT2D eigenvalue weighted by Gasteiger charge is 2.59. The van der Waals surface area contributed by atoms with E-state index in [0.717, 1.165) is 22.4 Å². The van der Waals surface area contributed by atoms with E-state index in [1.54, 1.807) is 35.2 Å². The topological polar surface area (TPSA) is 108 Å². The number of carbonyl (C=O) groups is 4. The van der Waals surface area contributed by atoms with Crippen LogP contribution in [0.25, 0.3) is 0 Å². The molecule has 1 aliphatic carbocycles. The van der Waals surface area contributed by atoms with E-state index < -0.39 is 29.7 Å². The lowest BCUT2D eigenvalue weighted by atomic mass is 9.94. The molecular weight excluding hydrogens is 479 g/mol. The molecule has 0 saturated carbocycles. The third-order valence-electron chi connectivity index (χ3n) is 7.65. The number of likely N-dealkylation sites (tertiary alicyclic amines) is 1. The number of nitrogens with zero attached hydrogens (tertiary/aromatic N) is 2. The molecule has 2 aromatic carbocycles. The number of ether oxygens (including phenoxy) is 1. The standard InChI is InChI=1S/C27H29FN4O5/c1-26(2)12-11-21(16-4-6-18(28)7-5-16)32(26)22(33)15-31-23(34)27(37-25(31)36)13-10-17-14-19(8-9-20(17)27)30-24(35)29-3/h4-9,14,21H,10-13,15H2,1-3H3,(H2,29,30,35)/t21-,27?/m1/s1. The van der Waals surface area contributed by atoms with Crippen LogP contribution < -0.4 is 10.6 Å². The zero-order valence-corrected chi connectivity index (χ0v) is 21.0. The van der Waals surface area contributed by atoms with Crippen LogP contribution in [-0.4, -0.2) is 52.9 Å². The van der Waals surface area contributed by atoms with E-state index in [-0.39, 0.29) is 30.2 Å². The maximum Gasteiger partial charge on any atom is 0.418 e. The molecule has 5 amide bonds. The van der Waals surface area contributed by atoms with Crippen molar-refractivity contribution in [3.63, 3.8) is 0 Å². The van der Waals surface area contributed by atoms with Crippen LogP contribution in [0.3, 0.4) is 0 Å². The second-order valence-electron chi connectivity index (χ2n) is 10.3. The number of hydrogen-bond acceptors (Lipinski definition) is 5. The summed E-state index contributed by atoms with van der Waals surface area (Å²) in [6.07, 6.45) is 1.30. The molecule has 1 unspecified atom stereocenters. The lowest BCUT2D eigenvalue weighted by Crippen LogP contribution is -2.50. The van der Waals surface area contributed by atoms with Crippen molar-refractivity contribution in [3.05, 3.63) is 65.0 Å². The van der Waals surface area contributed by atoms with Crippen molar-refractivity contribution in [2.45, 2.75) is 56.7 Å². The minimum absolute atomic E-state index is 0.258. The molecule has 10 heteroatoms. The van der Waals surface area contributed by atoms with Gasteiger partial charge in [-0.25, -0.2) is 18.9 Å². The van der Waals surface area contributed by atoms with E-state index in [1.165, 1.54) is 19.2 Å². The number of urea groups is 1. The Morgan fingerprint density at radius 3 is 2.54 bits per heavy atom. The van der Waals surface area contributed by atoms with Gasteiger partial charge in [0, 0.05) is 30.3 Å². The van der Waals surface area contributed by atoms with Gasteiger partial charge in [0.15, 0.2) is 0 Å². The van der Waals surface area contributed by atoms with E-state index in [0.29, 0.717) is 24.1 Å². The van der Waals surface area contributed by atoms with Crippen LogP contribution >= 0.6 is 0 Å². The lowest BCUT2D eigenvalue weighted by molar-refractivity contribution is -0.144. The van der Waals surface area contributed by atoms with Crippen molar-refractivity contribution < 1.29 is 28.3 Å². The summed E-state index contributed by atoms with van der Waals surface area (Å²) in [6, 6.07) is 10.5. The number of halogens is 1. The quantitative estimate of drug-likeness (QED) is 0.653. The van der Waals surface area contributed by atoms with E-state index in [1.807, 2.05) is 13.8 Å². The summed E-state index contributed by atoms with van der Waals surface area (Å²) < 4.78 is 19.2. The molecule has 194 valence electrons. The summed E-state index contributed by atoms with van der Waals surface area (Å²) in [5.74, 6) is -1.29. The molecule has 2 aromatic rings. The second-order valence-corrected chi connectivity index (χ2v) is 10.3. The third-order valence-corrected chi connectivity index (χ3v) is 7.65. The normalized spacial score (nSPS) is 23.8. The smallest absolute Gasteiger partial charge is 0.418 e. The maximum absolute atomic E-state index is 13.6. The Labute approximate surface area is 213 Å². The van der Waals surface area contributed by atoms with E-state index >= 15 is 0 Å². The van der Waals surface area contributed by atoms with Crippen molar-refractivity contribution >= 4 is 29.6 Å². The highest BCUT2D eigenvalue weighted by atomic mass is 19.1. The zero-order chi connectivity index (χ0) is 26.5. The Morgan fingerprint density at radius 2 is 1.84 bits per heavy atom. The van der Waals surface area contributed by atoms with Crippen LogP contribution in [0, 0.1) is 5.82 Å². The van der Waals surface area contributed by atoms with Crippen LogP contribution in [0.2, 0.25) is 0 Å². The fraction of sp³-hybridized carbons (Fsp3) is 0.407. The Hall–Kier alpha value is -3.95. The Morgan fingerprint density at radius 1 is 1.11 bits per heavy atom. The monoisotopic (exact) mass is 508 g/mol. The summed E-state index contributed by atoms with van der Waals surface area (Å²) in [6.45, 7) is 3.45. The number of hydrogen-bond donors (Lipinski definition) is 2. The molecule has 3 aliphatic rings. The number of anilines is 1. The molecule has 0 radical (unpaired) electrons. The first-order valence-electron chi connectivity index (χ1n) is 12.3. The maximum atomic E-state index is 13.6. The van der Waals surface area contributed by atoms with Crippen molar-refractivity contribution in [1.82, 2.24) is 15.1 Å². The SMILES string of the molecule is CNC(=O)Nc1ccc2c(c1)CCC21OC(=O)N(CC(=O)N2[C@@H](c3ccc(F)cc3)CCC2(C)C)C1=O. The van der Waals surface area contributed by atoms with Gasteiger partial charge in [0.05, 0.1) is 6.04 Å². The largest absolute Gasteiger partial charge is 0.427 e. The molecule has 2 heterocycles. The molecule has 0 bridgehead atoms. The molecule has 37 heavy (non-hydrogen) atoms. The first-order chi connectivity index (χ1) is 17.6. The number of amides is 5. The van der Waals surface area contributed by atoms with Gasteiger partial charge in [-0.1, -0.05) is 18.2 Å². The summed E-state index contributed by atoms with van der Waals surface area (Å²) in [4.78, 5) is 54.3. The molecule has 2 aliphatic heterocycles. The molecule has 0 aromatic heterocycles. The molecule has 5 rings (SSSR count). The van der Waals surface area contributed by atoms with E-state index in [9.17, 15) is 23.6 Å². The van der Waals surface area contributed by atoms with Crippen LogP contribution in [0.5, 0.6) is 0 Å². The Bertz CT molecular complexity index is 1290. The number of carbonyl (C=O) groups excluding carboxylic acids is 4. The minimum atomic E-state index is -1.48. The second kappa shape index (κ2) is 8.86. The van der Waals surface area contributed by atoms with Crippen molar-refractivity contribution in [2.75, 3.05) is 18.9 Å². The summed E-state index contributed by atoms with van der Waals surface area (Å²) in [5.41, 5.74) is 0.735. The highest BCUT2D eigenvalue weighted by Crippen LogP contribution is 2.47. The van der Waals surface area contributed by atoms with Gasteiger partial charge in [0.2, 0.25) is 11.5 Å². The number of benzene rings is 2. The van der Waals surface area contributed by atoms with Crippen molar-refractivity contribution in [1.29, 1.82) is 0 Å². The predicted octanol–water partition coefficient (Wildman–Crippen LogP) is 3.84. The van der Waals surface area contributed by atoms with Gasteiger partial charge in [-0.05, 0) is 68.5 Å². The first-order valence-corrected chi connectivity index (χ1v) is 12.3. The van der Waals surface area contributed by atoms with Gasteiger partial charge in [-0.15, -0.1) is 0 Å². The van der Waals surface area contributed by atoms with Gasteiger partial charge in [0.25, 0.3) is 5.91 Å². The molecule has 2 saturated heterocycles. The van der Waals surface area contributed by atoms with E-state index in [2.05, 4.69) is 10.6 Å². The van der Waals surface area contributed by atoms with Gasteiger partial charge < -0.3 is 20.3 Å². The average molecular weight is 509 g/mol. The fourth-order valence-electron chi connectivity index (χ4n) is 5.81. The van der Waals surface area contributed by atoms with Crippen molar-refractivity contribution in [2.24, 2.45) is 0 Å². The summed E-state index contributed by atoms with van der Waals surface area (Å²) in [7, 11) is 1.51. The Balaban J connectivity index is 1.37. The molecule has 2 atom stereocenters. The minimum Gasteiger partial charge on any atom is -0.427 e. The highest BCUT2D eigenvalue weighted by molar-refractivity contribution is 6.06. The van der Waals surface area contributed by atoms with Crippen LogP contribution in [-0.2, 0) is 26.3 Å². The number of fused-ring (bicyclic) bond motifs is 2. The van der Waals surface area contributed by atoms with Crippen LogP contribution in [0.4, 0.5) is 19.7 Å². The first kappa shape index (κ1) is 24.7. The molecule has 2 fully saturated rings. The molecule has 2 N–H and O–H groups in total.